The van der Waals surface area contributed by atoms with E-state index < -0.39 is 0 Å². The van der Waals surface area contributed by atoms with Crippen molar-refractivity contribution in [3.63, 3.8) is 0 Å². The number of hydrogen-bond acceptors (Lipinski definition) is 6. The van der Waals surface area contributed by atoms with Gasteiger partial charge in [-0.05, 0) is 12.1 Å². The fraction of sp³-hybridized carbons (Fsp3) is 0.385. The third-order valence-corrected chi connectivity index (χ3v) is 3.27. The Morgan fingerprint density at radius 2 is 2.11 bits per heavy atom. The summed E-state index contributed by atoms with van der Waals surface area (Å²) in [5.74, 6) is 0.842. The lowest BCUT2D eigenvalue weighted by molar-refractivity contribution is -0.123. The van der Waals surface area contributed by atoms with Crippen LogP contribution in [0.1, 0.15) is 20.8 Å². The number of rotatable bonds is 4. The van der Waals surface area contributed by atoms with E-state index in [4.69, 9.17) is 4.42 Å². The van der Waals surface area contributed by atoms with E-state index in [1.165, 1.54) is 11.8 Å². The van der Waals surface area contributed by atoms with Crippen LogP contribution in [0.25, 0.3) is 11.6 Å². The van der Waals surface area contributed by atoms with Crippen LogP contribution in [0.4, 0.5) is 0 Å². The lowest BCUT2D eigenvalue weighted by atomic mass is 9.92. The minimum atomic E-state index is -0.350. The Hall–Kier alpha value is -1.69. The molecule has 5 nitrogen and oxygen atoms in total. The molecule has 0 saturated heterocycles. The average Bonchev–Trinajstić information content (AvgIpc) is 2.84. The largest absolute Gasteiger partial charge is 0.410 e. The number of aromatic nitrogens is 3. The molecule has 2 heterocycles. The second-order valence-corrected chi connectivity index (χ2v) is 5.98. The Bertz CT molecular complexity index is 561. The molecule has 0 bridgehead atoms. The molecule has 0 aliphatic rings. The summed E-state index contributed by atoms with van der Waals surface area (Å²) in [5.41, 5.74) is 0.278. The molecule has 0 aromatic carbocycles. The van der Waals surface area contributed by atoms with Gasteiger partial charge in [0.05, 0.1) is 5.75 Å². The Kier molecular flexibility index (Phi) is 3.99. The van der Waals surface area contributed by atoms with Crippen LogP contribution < -0.4 is 0 Å². The fourth-order valence-electron chi connectivity index (χ4n) is 1.20. The van der Waals surface area contributed by atoms with Crippen LogP contribution in [0.15, 0.2) is 34.0 Å². The van der Waals surface area contributed by atoms with E-state index in [1.807, 2.05) is 32.9 Å². The van der Waals surface area contributed by atoms with E-state index in [0.29, 0.717) is 22.6 Å². The van der Waals surface area contributed by atoms with Crippen molar-refractivity contribution in [1.29, 1.82) is 0 Å². The standard InChI is InChI=1S/C13H15N3O2S/c1-13(2,3)10(17)8-19-12-16-15-11(18-12)9-6-4-5-7-14-9/h4-7H,8H2,1-3H3. The van der Waals surface area contributed by atoms with Gasteiger partial charge in [-0.1, -0.05) is 38.6 Å². The molecule has 2 rings (SSSR count). The quantitative estimate of drug-likeness (QED) is 0.800. The molecule has 0 amide bonds. The number of carbonyl (C=O) groups is 1. The van der Waals surface area contributed by atoms with Crippen molar-refractivity contribution < 1.29 is 9.21 Å². The predicted octanol–water partition coefficient (Wildman–Crippen LogP) is 2.84. The highest BCUT2D eigenvalue weighted by atomic mass is 32.2. The molecule has 0 atom stereocenters. The van der Waals surface area contributed by atoms with Crippen molar-refractivity contribution in [3.8, 4) is 11.6 Å². The summed E-state index contributed by atoms with van der Waals surface area (Å²) in [5, 5.41) is 8.20. The molecule has 0 spiro atoms. The minimum absolute atomic E-state index is 0.148. The number of ketones is 1. The van der Waals surface area contributed by atoms with Crippen molar-refractivity contribution in [2.75, 3.05) is 5.75 Å². The molecule has 0 unspecified atom stereocenters. The third kappa shape index (κ3) is 3.64. The topological polar surface area (TPSA) is 68.9 Å². The highest BCUT2D eigenvalue weighted by Gasteiger charge is 2.22. The first-order valence-corrected chi connectivity index (χ1v) is 6.86. The van der Waals surface area contributed by atoms with Crippen LogP contribution in [0.5, 0.6) is 0 Å². The van der Waals surface area contributed by atoms with Gasteiger partial charge < -0.3 is 4.42 Å². The molecule has 0 radical (unpaired) electrons. The van der Waals surface area contributed by atoms with Crippen LogP contribution in [-0.2, 0) is 4.79 Å². The average molecular weight is 277 g/mol. The van der Waals surface area contributed by atoms with Gasteiger partial charge in [0.2, 0.25) is 0 Å². The molecule has 0 aliphatic carbocycles. The number of Topliss-reactive ketones (excluding diaryl/α,β-unsaturated/α-hetero) is 1. The van der Waals surface area contributed by atoms with Gasteiger partial charge in [0.15, 0.2) is 0 Å². The van der Waals surface area contributed by atoms with Crippen LogP contribution in [-0.4, -0.2) is 26.7 Å². The molecule has 19 heavy (non-hydrogen) atoms. The van der Waals surface area contributed by atoms with Crippen molar-refractivity contribution in [2.24, 2.45) is 5.41 Å². The van der Waals surface area contributed by atoms with Gasteiger partial charge >= 0.3 is 0 Å². The first-order valence-electron chi connectivity index (χ1n) is 5.88. The van der Waals surface area contributed by atoms with Gasteiger partial charge in [-0.15, -0.1) is 10.2 Å². The summed E-state index contributed by atoms with van der Waals surface area (Å²) in [6.07, 6.45) is 1.66. The van der Waals surface area contributed by atoms with E-state index in [2.05, 4.69) is 15.2 Å². The summed E-state index contributed by atoms with van der Waals surface area (Å²) >= 11 is 1.25. The van der Waals surface area contributed by atoms with E-state index in [1.54, 1.807) is 12.3 Å². The maximum Gasteiger partial charge on any atom is 0.277 e. The summed E-state index contributed by atoms with van der Waals surface area (Å²) in [7, 11) is 0. The molecule has 2 aromatic heterocycles. The van der Waals surface area contributed by atoms with Crippen LogP contribution in [0.2, 0.25) is 0 Å². The highest BCUT2D eigenvalue weighted by molar-refractivity contribution is 7.99. The molecule has 0 fully saturated rings. The number of pyridine rings is 1. The number of carbonyl (C=O) groups excluding carboxylic acids is 1. The Balaban J connectivity index is 2.01. The third-order valence-electron chi connectivity index (χ3n) is 2.45. The molecular formula is C13H15N3O2S. The lowest BCUT2D eigenvalue weighted by Crippen LogP contribution is -2.21. The van der Waals surface area contributed by atoms with E-state index in [0.717, 1.165) is 0 Å². The highest BCUT2D eigenvalue weighted by Crippen LogP contribution is 2.24. The summed E-state index contributed by atoms with van der Waals surface area (Å²) < 4.78 is 5.46. The SMILES string of the molecule is CC(C)(C)C(=O)CSc1nnc(-c2ccccn2)o1. The maximum atomic E-state index is 11.8. The van der Waals surface area contributed by atoms with E-state index in [-0.39, 0.29) is 11.2 Å². The zero-order chi connectivity index (χ0) is 13.9. The molecule has 6 heteroatoms. The zero-order valence-electron chi connectivity index (χ0n) is 11.1. The normalized spacial score (nSPS) is 11.5. The smallest absolute Gasteiger partial charge is 0.277 e. The van der Waals surface area contributed by atoms with Gasteiger partial charge in [0.1, 0.15) is 11.5 Å². The molecule has 0 aliphatic heterocycles. The van der Waals surface area contributed by atoms with Gasteiger partial charge in [0, 0.05) is 11.6 Å². The van der Waals surface area contributed by atoms with Crippen molar-refractivity contribution in [3.05, 3.63) is 24.4 Å². The first-order chi connectivity index (χ1) is 8.97. The van der Waals surface area contributed by atoms with Gasteiger partial charge in [-0.3, -0.25) is 9.78 Å². The molecular weight excluding hydrogens is 262 g/mol. The summed E-state index contributed by atoms with van der Waals surface area (Å²) in [6, 6.07) is 5.46. The first kappa shape index (κ1) is 13.7. The second-order valence-electron chi connectivity index (χ2n) is 5.05. The maximum absolute atomic E-state index is 11.8. The molecule has 2 aromatic rings. The lowest BCUT2D eigenvalue weighted by Gasteiger charge is -2.14. The Morgan fingerprint density at radius 3 is 2.74 bits per heavy atom. The number of hydrogen-bond donors (Lipinski definition) is 0. The number of thioether (sulfide) groups is 1. The fourth-order valence-corrected chi connectivity index (χ4v) is 2.13. The van der Waals surface area contributed by atoms with Crippen molar-refractivity contribution in [2.45, 2.75) is 26.0 Å². The summed E-state index contributed by atoms with van der Waals surface area (Å²) in [4.78, 5) is 15.9. The Labute approximate surface area is 115 Å². The molecule has 0 N–H and O–H groups in total. The summed E-state index contributed by atoms with van der Waals surface area (Å²) in [6.45, 7) is 5.68. The van der Waals surface area contributed by atoms with Crippen molar-refractivity contribution in [1.82, 2.24) is 15.2 Å². The van der Waals surface area contributed by atoms with Gasteiger partial charge in [0.25, 0.3) is 11.1 Å². The zero-order valence-corrected chi connectivity index (χ0v) is 11.9. The predicted molar refractivity (Wildman–Crippen MR) is 72.7 cm³/mol. The molecule has 0 saturated carbocycles. The van der Waals surface area contributed by atoms with Crippen LogP contribution >= 0.6 is 11.8 Å². The van der Waals surface area contributed by atoms with Crippen molar-refractivity contribution >= 4 is 17.5 Å². The second kappa shape index (κ2) is 5.52. The van der Waals surface area contributed by atoms with Gasteiger partial charge in [-0.2, -0.15) is 0 Å². The Morgan fingerprint density at radius 1 is 1.32 bits per heavy atom. The van der Waals surface area contributed by atoms with E-state index in [9.17, 15) is 4.79 Å². The van der Waals surface area contributed by atoms with Gasteiger partial charge in [-0.25, -0.2) is 0 Å². The minimum Gasteiger partial charge on any atom is -0.410 e. The monoisotopic (exact) mass is 277 g/mol. The van der Waals surface area contributed by atoms with Crippen LogP contribution in [0.3, 0.4) is 0 Å². The molecule has 100 valence electrons. The van der Waals surface area contributed by atoms with Crippen LogP contribution in [0, 0.1) is 5.41 Å². The number of nitrogens with zero attached hydrogens (tertiary/aromatic N) is 3. The van der Waals surface area contributed by atoms with E-state index >= 15 is 0 Å².